The summed E-state index contributed by atoms with van der Waals surface area (Å²) in [5.41, 5.74) is 7.20. The van der Waals surface area contributed by atoms with Gasteiger partial charge < -0.3 is 42.0 Å². The van der Waals surface area contributed by atoms with E-state index in [0.29, 0.717) is 5.56 Å². The first kappa shape index (κ1) is 29.6. The zero-order valence-corrected chi connectivity index (χ0v) is 20.9. The summed E-state index contributed by atoms with van der Waals surface area (Å²) in [6, 6.07) is 1.98. The number of carboxylic acid groups (broad SMARTS) is 2. The SMILES string of the molecule is CC(O)C(N)C(=O)NC(Cc1c[nH]c2ccccc12)C(=O)NC(CS)C(=O)NC(CCC(=O)O)C(=O)O. The number of aliphatic hydroxyl groups is 1. The summed E-state index contributed by atoms with van der Waals surface area (Å²) in [4.78, 5) is 63.7. The standard InChI is InChI=1S/C23H31N5O8S/c1-11(29)19(24)22(34)27-16(8-12-9-25-14-5-3-2-4-13(12)14)20(32)28-17(10-37)21(33)26-15(23(35)36)6-7-18(30)31/h2-5,9,11,15-17,19,25,29,37H,6-8,10,24H2,1H3,(H,26,33)(H,27,34)(H,28,32)(H,30,31)(H,35,36). The van der Waals surface area contributed by atoms with Crippen molar-refractivity contribution < 1.29 is 39.3 Å². The largest absolute Gasteiger partial charge is 0.481 e. The maximum absolute atomic E-state index is 13.2. The Morgan fingerprint density at radius 2 is 1.57 bits per heavy atom. The number of thiol groups is 1. The van der Waals surface area contributed by atoms with E-state index in [0.717, 1.165) is 10.9 Å². The fourth-order valence-corrected chi connectivity index (χ4v) is 3.74. The number of aromatic amines is 1. The van der Waals surface area contributed by atoms with Gasteiger partial charge in [-0.15, -0.1) is 0 Å². The van der Waals surface area contributed by atoms with Crippen LogP contribution in [0.2, 0.25) is 0 Å². The van der Waals surface area contributed by atoms with Gasteiger partial charge >= 0.3 is 11.9 Å². The number of carbonyl (C=O) groups excluding carboxylic acids is 3. The van der Waals surface area contributed by atoms with Gasteiger partial charge in [0.25, 0.3) is 0 Å². The van der Waals surface area contributed by atoms with Gasteiger partial charge in [0.05, 0.1) is 6.10 Å². The number of carboxylic acids is 2. The fourth-order valence-electron chi connectivity index (χ4n) is 3.48. The van der Waals surface area contributed by atoms with Gasteiger partial charge in [0.15, 0.2) is 0 Å². The number of hydrogen-bond acceptors (Lipinski definition) is 8. The Morgan fingerprint density at radius 1 is 0.973 bits per heavy atom. The Labute approximate surface area is 217 Å². The number of benzene rings is 1. The molecule has 202 valence electrons. The molecule has 0 saturated carbocycles. The molecule has 2 rings (SSSR count). The molecular formula is C23H31N5O8S. The minimum Gasteiger partial charge on any atom is -0.481 e. The maximum atomic E-state index is 13.2. The van der Waals surface area contributed by atoms with Gasteiger partial charge in [0.2, 0.25) is 17.7 Å². The number of H-pyrrole nitrogens is 1. The molecule has 0 aliphatic rings. The normalized spacial score (nSPS) is 15.1. The van der Waals surface area contributed by atoms with Crippen molar-refractivity contribution in [2.75, 3.05) is 5.75 Å². The second kappa shape index (κ2) is 13.6. The third-order valence-corrected chi connectivity index (χ3v) is 6.00. The van der Waals surface area contributed by atoms with Gasteiger partial charge in [-0.1, -0.05) is 18.2 Å². The zero-order chi connectivity index (χ0) is 27.7. The molecule has 5 atom stereocenters. The summed E-state index contributed by atoms with van der Waals surface area (Å²) in [7, 11) is 0. The minimum atomic E-state index is -1.49. The number of amides is 3. The molecule has 0 aliphatic heterocycles. The molecule has 1 aromatic heterocycles. The number of para-hydroxylation sites is 1. The lowest BCUT2D eigenvalue weighted by molar-refractivity contribution is -0.143. The molecule has 1 aromatic carbocycles. The second-order valence-electron chi connectivity index (χ2n) is 8.47. The quantitative estimate of drug-likeness (QED) is 0.131. The molecule has 0 radical (unpaired) electrons. The van der Waals surface area contributed by atoms with E-state index >= 15 is 0 Å². The van der Waals surface area contributed by atoms with E-state index < -0.39 is 66.4 Å². The first-order chi connectivity index (χ1) is 17.4. The van der Waals surface area contributed by atoms with Gasteiger partial charge in [-0.05, 0) is 25.0 Å². The van der Waals surface area contributed by atoms with Crippen molar-refractivity contribution in [3.63, 3.8) is 0 Å². The summed E-state index contributed by atoms with van der Waals surface area (Å²) in [5.74, 6) is -5.34. The van der Waals surface area contributed by atoms with Crippen LogP contribution in [0.3, 0.4) is 0 Å². The van der Waals surface area contributed by atoms with Crippen molar-refractivity contribution in [2.24, 2.45) is 5.73 Å². The van der Waals surface area contributed by atoms with Crippen molar-refractivity contribution in [2.45, 2.75) is 56.5 Å². The van der Waals surface area contributed by atoms with Crippen LogP contribution in [0.1, 0.15) is 25.3 Å². The summed E-state index contributed by atoms with van der Waals surface area (Å²) in [5, 5.41) is 35.7. The monoisotopic (exact) mass is 537 g/mol. The highest BCUT2D eigenvalue weighted by Gasteiger charge is 2.31. The summed E-state index contributed by atoms with van der Waals surface area (Å²) in [6.45, 7) is 1.32. The maximum Gasteiger partial charge on any atom is 0.326 e. The third-order valence-electron chi connectivity index (χ3n) is 5.63. The molecule has 3 amide bonds. The molecule has 2 aromatic rings. The van der Waals surface area contributed by atoms with E-state index in [1.165, 1.54) is 6.92 Å². The van der Waals surface area contributed by atoms with Crippen LogP contribution < -0.4 is 21.7 Å². The fraction of sp³-hybridized carbons (Fsp3) is 0.435. The molecule has 0 fully saturated rings. The first-order valence-corrected chi connectivity index (χ1v) is 12.0. The van der Waals surface area contributed by atoms with Gasteiger partial charge in [-0.25, -0.2) is 4.79 Å². The number of nitrogens with two attached hydrogens (primary N) is 1. The van der Waals surface area contributed by atoms with E-state index in [-0.39, 0.29) is 18.6 Å². The first-order valence-electron chi connectivity index (χ1n) is 11.4. The molecule has 5 unspecified atom stereocenters. The molecule has 14 heteroatoms. The molecule has 0 bridgehead atoms. The Bertz CT molecular complexity index is 1140. The zero-order valence-electron chi connectivity index (χ0n) is 20.0. The van der Waals surface area contributed by atoms with Crippen LogP contribution in [0.5, 0.6) is 0 Å². The van der Waals surface area contributed by atoms with Gasteiger partial charge in [-0.2, -0.15) is 12.6 Å². The van der Waals surface area contributed by atoms with Crippen LogP contribution >= 0.6 is 12.6 Å². The number of aromatic nitrogens is 1. The lowest BCUT2D eigenvalue weighted by atomic mass is 10.0. The second-order valence-corrected chi connectivity index (χ2v) is 8.83. The Morgan fingerprint density at radius 3 is 2.16 bits per heavy atom. The average molecular weight is 538 g/mol. The third kappa shape index (κ3) is 8.48. The molecule has 0 spiro atoms. The number of carbonyl (C=O) groups is 5. The number of hydrogen-bond donors (Lipinski definition) is 9. The van der Waals surface area contributed by atoms with Gasteiger partial charge in [0.1, 0.15) is 24.2 Å². The minimum absolute atomic E-state index is 0.00535. The highest BCUT2D eigenvalue weighted by Crippen LogP contribution is 2.19. The van der Waals surface area contributed by atoms with Crippen molar-refractivity contribution >= 4 is 53.2 Å². The van der Waals surface area contributed by atoms with E-state index in [1.54, 1.807) is 12.3 Å². The molecule has 1 heterocycles. The number of aliphatic carboxylic acids is 2. The highest BCUT2D eigenvalue weighted by atomic mass is 32.1. The molecule has 0 saturated heterocycles. The van der Waals surface area contributed by atoms with Gasteiger partial charge in [-0.3, -0.25) is 19.2 Å². The summed E-state index contributed by atoms with van der Waals surface area (Å²) in [6.07, 6.45) is -0.358. The van der Waals surface area contributed by atoms with Crippen LogP contribution in [0.15, 0.2) is 30.5 Å². The molecular weight excluding hydrogens is 506 g/mol. The van der Waals surface area contributed by atoms with Crippen molar-refractivity contribution in [3.05, 3.63) is 36.0 Å². The van der Waals surface area contributed by atoms with Crippen molar-refractivity contribution in [3.8, 4) is 0 Å². The lowest BCUT2D eigenvalue weighted by Gasteiger charge is -2.25. The Kier molecular flexibility index (Phi) is 10.9. The molecule has 9 N–H and O–H groups in total. The Balaban J connectivity index is 2.21. The molecule has 0 aliphatic carbocycles. The predicted octanol–water partition coefficient (Wildman–Crippen LogP) is -1.25. The van der Waals surface area contributed by atoms with E-state index in [1.807, 2.05) is 18.2 Å². The van der Waals surface area contributed by atoms with Crippen LogP contribution in [0, 0.1) is 0 Å². The predicted molar refractivity (Wildman–Crippen MR) is 136 cm³/mol. The molecule has 13 nitrogen and oxygen atoms in total. The topological polar surface area (TPSA) is 224 Å². The van der Waals surface area contributed by atoms with Gasteiger partial charge in [0, 0.05) is 35.7 Å². The van der Waals surface area contributed by atoms with E-state index in [4.69, 9.17) is 10.8 Å². The van der Waals surface area contributed by atoms with Crippen LogP contribution in [-0.4, -0.2) is 86.0 Å². The molecule has 37 heavy (non-hydrogen) atoms. The van der Waals surface area contributed by atoms with Crippen molar-refractivity contribution in [1.82, 2.24) is 20.9 Å². The van der Waals surface area contributed by atoms with Crippen LogP contribution in [0.25, 0.3) is 10.9 Å². The number of rotatable bonds is 14. The highest BCUT2D eigenvalue weighted by molar-refractivity contribution is 7.80. The van der Waals surface area contributed by atoms with E-state index in [2.05, 4.69) is 33.6 Å². The Hall–Kier alpha value is -3.62. The smallest absolute Gasteiger partial charge is 0.326 e. The summed E-state index contributed by atoms with van der Waals surface area (Å²) < 4.78 is 0. The number of aliphatic hydroxyl groups excluding tert-OH is 1. The average Bonchev–Trinajstić information content (AvgIpc) is 3.26. The summed E-state index contributed by atoms with van der Waals surface area (Å²) >= 11 is 4.06. The van der Waals surface area contributed by atoms with E-state index in [9.17, 15) is 34.2 Å². The van der Waals surface area contributed by atoms with Crippen LogP contribution in [-0.2, 0) is 30.4 Å². The van der Waals surface area contributed by atoms with Crippen LogP contribution in [0.4, 0.5) is 0 Å². The number of nitrogens with one attached hydrogen (secondary N) is 4. The lowest BCUT2D eigenvalue weighted by Crippen LogP contribution is -2.59. The number of fused-ring (bicyclic) bond motifs is 1. The van der Waals surface area contributed by atoms with Crippen molar-refractivity contribution in [1.29, 1.82) is 0 Å².